The van der Waals surface area contributed by atoms with Crippen LogP contribution in [-0.2, 0) is 6.42 Å². The smallest absolute Gasteiger partial charge is 0.170 e. The Morgan fingerprint density at radius 1 is 0.967 bits per heavy atom. The molecular formula is C23H27N3O3S. The lowest BCUT2D eigenvalue weighted by Gasteiger charge is -2.08. The Balaban J connectivity index is 1.31. The Labute approximate surface area is 181 Å². The van der Waals surface area contributed by atoms with Crippen molar-refractivity contribution >= 4 is 17.2 Å². The molecule has 3 rings (SSSR count). The molecule has 0 atom stereocenters. The summed E-state index contributed by atoms with van der Waals surface area (Å²) in [7, 11) is 0. The molecule has 0 spiro atoms. The topological polar surface area (TPSA) is 90.0 Å². The summed E-state index contributed by atoms with van der Waals surface area (Å²) in [5, 5.41) is 14.9. The van der Waals surface area contributed by atoms with Crippen LogP contribution in [-0.4, -0.2) is 29.2 Å². The number of aromatic nitrogens is 1. The molecule has 3 N–H and O–H groups in total. The molecule has 0 saturated heterocycles. The first-order valence-corrected chi connectivity index (χ1v) is 11.0. The molecule has 0 aliphatic heterocycles. The standard InChI is InChI=1S/C23H27N3O3S/c1-2-22-25-21(16-30-22)17-6-10-19(11-7-17)28-14-4-3-5-15-29-20-12-8-18(9-13-20)23(24)26-27/h6-13,16,27H,2-5,14-15H2,1H3,(H2,24,26). The Morgan fingerprint density at radius 3 is 2.10 bits per heavy atom. The third-order valence-electron chi connectivity index (χ3n) is 4.59. The van der Waals surface area contributed by atoms with Crippen molar-refractivity contribution in [1.29, 1.82) is 0 Å². The van der Waals surface area contributed by atoms with Crippen molar-refractivity contribution in [3.63, 3.8) is 0 Å². The SMILES string of the molecule is CCc1nc(-c2ccc(OCCCCCOc3ccc(/C(N)=N/O)cc3)cc2)cs1. The molecule has 0 unspecified atom stereocenters. The van der Waals surface area contributed by atoms with Crippen molar-refractivity contribution in [2.75, 3.05) is 13.2 Å². The van der Waals surface area contributed by atoms with Gasteiger partial charge in [-0.15, -0.1) is 11.3 Å². The fourth-order valence-corrected chi connectivity index (χ4v) is 3.62. The highest BCUT2D eigenvalue weighted by atomic mass is 32.1. The molecule has 0 bridgehead atoms. The van der Waals surface area contributed by atoms with Crippen molar-refractivity contribution < 1.29 is 14.7 Å². The van der Waals surface area contributed by atoms with E-state index in [1.165, 1.54) is 0 Å². The molecule has 0 amide bonds. The molecule has 0 aliphatic rings. The summed E-state index contributed by atoms with van der Waals surface area (Å²) < 4.78 is 11.5. The number of hydrogen-bond acceptors (Lipinski definition) is 6. The fraction of sp³-hybridized carbons (Fsp3) is 0.304. The van der Waals surface area contributed by atoms with E-state index in [1.54, 1.807) is 23.5 Å². The Hall–Kier alpha value is -3.06. The Bertz CT molecular complexity index is 937. The summed E-state index contributed by atoms with van der Waals surface area (Å²) in [6.07, 6.45) is 3.92. The third-order valence-corrected chi connectivity index (χ3v) is 5.58. The lowest BCUT2D eigenvalue weighted by molar-refractivity contribution is 0.279. The van der Waals surface area contributed by atoms with Gasteiger partial charge < -0.3 is 20.4 Å². The minimum atomic E-state index is 0.0879. The van der Waals surface area contributed by atoms with Gasteiger partial charge in [0.2, 0.25) is 0 Å². The van der Waals surface area contributed by atoms with Crippen LogP contribution in [0.2, 0.25) is 0 Å². The molecule has 1 aromatic heterocycles. The van der Waals surface area contributed by atoms with Crippen LogP contribution in [0.3, 0.4) is 0 Å². The van der Waals surface area contributed by atoms with Crippen LogP contribution < -0.4 is 15.2 Å². The van der Waals surface area contributed by atoms with Crippen LogP contribution >= 0.6 is 11.3 Å². The highest BCUT2D eigenvalue weighted by molar-refractivity contribution is 7.09. The largest absolute Gasteiger partial charge is 0.494 e. The lowest BCUT2D eigenvalue weighted by Crippen LogP contribution is -2.12. The van der Waals surface area contributed by atoms with E-state index in [4.69, 9.17) is 20.4 Å². The number of ether oxygens (including phenoxy) is 2. The van der Waals surface area contributed by atoms with Gasteiger partial charge in [-0.1, -0.05) is 12.1 Å². The summed E-state index contributed by atoms with van der Waals surface area (Å²) >= 11 is 1.70. The molecule has 0 saturated carbocycles. The van der Waals surface area contributed by atoms with E-state index in [1.807, 2.05) is 24.3 Å². The summed E-state index contributed by atoms with van der Waals surface area (Å²) in [6.45, 7) is 3.45. The molecule has 6 nitrogen and oxygen atoms in total. The lowest BCUT2D eigenvalue weighted by atomic mass is 10.2. The van der Waals surface area contributed by atoms with Crippen LogP contribution in [0.25, 0.3) is 11.3 Å². The van der Waals surface area contributed by atoms with Gasteiger partial charge in [0.05, 0.1) is 23.9 Å². The number of hydrogen-bond donors (Lipinski definition) is 2. The van der Waals surface area contributed by atoms with Crippen molar-refractivity contribution in [3.8, 4) is 22.8 Å². The molecule has 7 heteroatoms. The summed E-state index contributed by atoms with van der Waals surface area (Å²) in [5.41, 5.74) is 8.35. The molecule has 0 fully saturated rings. The van der Waals surface area contributed by atoms with E-state index in [0.717, 1.165) is 53.4 Å². The number of nitrogens with two attached hydrogens (primary N) is 1. The summed E-state index contributed by atoms with van der Waals surface area (Å²) in [6, 6.07) is 15.3. The van der Waals surface area contributed by atoms with Crippen molar-refractivity contribution in [2.24, 2.45) is 10.9 Å². The molecule has 3 aromatic rings. The minimum absolute atomic E-state index is 0.0879. The van der Waals surface area contributed by atoms with E-state index < -0.39 is 0 Å². The van der Waals surface area contributed by atoms with E-state index >= 15 is 0 Å². The zero-order chi connectivity index (χ0) is 21.2. The van der Waals surface area contributed by atoms with Crippen LogP contribution in [0.15, 0.2) is 59.1 Å². The van der Waals surface area contributed by atoms with E-state index in [-0.39, 0.29) is 5.84 Å². The average molecular weight is 426 g/mol. The Kier molecular flexibility index (Phi) is 8.09. The molecule has 2 aromatic carbocycles. The second-order valence-electron chi connectivity index (χ2n) is 6.77. The van der Waals surface area contributed by atoms with Gasteiger partial charge in [0.1, 0.15) is 11.5 Å². The first-order chi connectivity index (χ1) is 14.7. The van der Waals surface area contributed by atoms with Crippen LogP contribution in [0, 0.1) is 0 Å². The van der Waals surface area contributed by atoms with Gasteiger partial charge in [0.15, 0.2) is 5.84 Å². The molecule has 0 aliphatic carbocycles. The average Bonchev–Trinajstić information content (AvgIpc) is 3.28. The predicted molar refractivity (Wildman–Crippen MR) is 121 cm³/mol. The highest BCUT2D eigenvalue weighted by Crippen LogP contribution is 2.24. The third kappa shape index (κ3) is 6.22. The number of thiazole rings is 1. The van der Waals surface area contributed by atoms with Crippen LogP contribution in [0.4, 0.5) is 0 Å². The van der Waals surface area contributed by atoms with Crippen molar-refractivity contribution in [1.82, 2.24) is 4.98 Å². The highest BCUT2D eigenvalue weighted by Gasteiger charge is 2.04. The van der Waals surface area contributed by atoms with Crippen LogP contribution in [0.1, 0.15) is 36.8 Å². The molecule has 158 valence electrons. The van der Waals surface area contributed by atoms with Gasteiger partial charge in [-0.3, -0.25) is 0 Å². The zero-order valence-electron chi connectivity index (χ0n) is 17.1. The van der Waals surface area contributed by atoms with Gasteiger partial charge in [-0.05, 0) is 74.2 Å². The zero-order valence-corrected chi connectivity index (χ0v) is 17.9. The number of aryl methyl sites for hydroxylation is 1. The minimum Gasteiger partial charge on any atom is -0.494 e. The quantitative estimate of drug-likeness (QED) is 0.147. The van der Waals surface area contributed by atoms with Crippen LogP contribution in [0.5, 0.6) is 11.5 Å². The fourth-order valence-electron chi connectivity index (χ4n) is 2.87. The second kappa shape index (κ2) is 11.2. The van der Waals surface area contributed by atoms with Gasteiger partial charge in [0, 0.05) is 16.5 Å². The maximum Gasteiger partial charge on any atom is 0.170 e. The molecule has 0 radical (unpaired) electrons. The van der Waals surface area contributed by atoms with Crippen molar-refractivity contribution in [3.05, 3.63) is 64.5 Å². The van der Waals surface area contributed by atoms with Gasteiger partial charge in [0.25, 0.3) is 0 Å². The number of amidine groups is 1. The first-order valence-electron chi connectivity index (χ1n) is 10.1. The van der Waals surface area contributed by atoms with Gasteiger partial charge >= 0.3 is 0 Å². The summed E-state index contributed by atoms with van der Waals surface area (Å²) in [5.74, 6) is 1.74. The number of rotatable bonds is 11. The number of benzene rings is 2. The maximum absolute atomic E-state index is 8.66. The number of oxime groups is 1. The molecule has 30 heavy (non-hydrogen) atoms. The van der Waals surface area contributed by atoms with E-state index in [9.17, 15) is 0 Å². The monoisotopic (exact) mass is 425 g/mol. The normalized spacial score (nSPS) is 11.4. The maximum atomic E-state index is 8.66. The van der Waals surface area contributed by atoms with Gasteiger partial charge in [-0.2, -0.15) is 0 Å². The first kappa shape index (κ1) is 21.6. The van der Waals surface area contributed by atoms with E-state index in [0.29, 0.717) is 18.8 Å². The van der Waals surface area contributed by atoms with Gasteiger partial charge in [-0.25, -0.2) is 4.98 Å². The predicted octanol–water partition coefficient (Wildman–Crippen LogP) is 5.10. The summed E-state index contributed by atoms with van der Waals surface area (Å²) in [4.78, 5) is 4.62. The second-order valence-corrected chi connectivity index (χ2v) is 7.71. The number of unbranched alkanes of at least 4 members (excludes halogenated alkanes) is 2. The van der Waals surface area contributed by atoms with E-state index in [2.05, 4.69) is 34.6 Å². The molecular weight excluding hydrogens is 398 g/mol. The van der Waals surface area contributed by atoms with Crippen molar-refractivity contribution in [2.45, 2.75) is 32.6 Å². The molecule has 1 heterocycles. The Morgan fingerprint density at radius 2 is 1.57 bits per heavy atom. The number of nitrogens with zero attached hydrogens (tertiary/aromatic N) is 2.